The summed E-state index contributed by atoms with van der Waals surface area (Å²) in [5.74, 6) is 5.08. The van der Waals surface area contributed by atoms with Crippen molar-refractivity contribution >= 4 is 0 Å². The molecule has 0 N–H and O–H groups in total. The molecule has 0 aliphatic heterocycles. The Kier molecular flexibility index (Phi) is 2.87. The Bertz CT molecular complexity index is 670. The van der Waals surface area contributed by atoms with E-state index in [1.807, 2.05) is 0 Å². The van der Waals surface area contributed by atoms with Crippen LogP contribution in [0.1, 0.15) is 93.9 Å². The largest absolute Gasteiger partial charge is 0.367 e. The van der Waals surface area contributed by atoms with Gasteiger partial charge in [-0.25, -0.2) is 0 Å². The molecule has 0 radical (unpaired) electrons. The van der Waals surface area contributed by atoms with Crippen LogP contribution < -0.4 is 0 Å². The molecule has 0 aromatic carbocycles. The lowest BCUT2D eigenvalue weighted by atomic mass is 9.73. The summed E-state index contributed by atoms with van der Waals surface area (Å²) in [6, 6.07) is 0. The van der Waals surface area contributed by atoms with Gasteiger partial charge in [0, 0.05) is 10.8 Å². The number of hydrogen-bond acceptors (Lipinski definition) is 1. The lowest BCUT2D eigenvalue weighted by Gasteiger charge is -2.44. The van der Waals surface area contributed by atoms with Gasteiger partial charge in [-0.15, -0.1) is 0 Å². The van der Waals surface area contributed by atoms with Gasteiger partial charge in [0.15, 0.2) is 0 Å². The van der Waals surface area contributed by atoms with E-state index in [1.54, 1.807) is 0 Å². The van der Waals surface area contributed by atoms with Crippen LogP contribution in [0.15, 0.2) is 0 Å². The van der Waals surface area contributed by atoms with Crippen molar-refractivity contribution in [3.05, 3.63) is 0 Å². The first-order valence-corrected chi connectivity index (χ1v) is 12.2. The Morgan fingerprint density at radius 3 is 0.889 bits per heavy atom. The first-order valence-electron chi connectivity index (χ1n) is 12.2. The van der Waals surface area contributed by atoms with Gasteiger partial charge < -0.3 is 4.74 Å². The van der Waals surface area contributed by atoms with Gasteiger partial charge in [0.2, 0.25) is 0 Å². The van der Waals surface area contributed by atoms with Gasteiger partial charge in [-0.1, -0.05) is 55.4 Å². The second-order valence-corrected chi connectivity index (χ2v) is 13.3. The minimum atomic E-state index is 0.209. The normalized spacial score (nSPS) is 73.3. The second-order valence-electron chi connectivity index (χ2n) is 13.3. The maximum Gasteiger partial charge on any atom is 0.0784 e. The molecule has 6 aliphatic carbocycles. The van der Waals surface area contributed by atoms with E-state index in [0.29, 0.717) is 21.7 Å². The van der Waals surface area contributed by atoms with Gasteiger partial charge in [0.1, 0.15) is 0 Å². The Labute approximate surface area is 167 Å². The van der Waals surface area contributed by atoms with Gasteiger partial charge in [0.05, 0.1) is 11.2 Å². The lowest BCUT2D eigenvalue weighted by Crippen LogP contribution is -2.47. The van der Waals surface area contributed by atoms with Gasteiger partial charge in [-0.2, -0.15) is 0 Å². The monoisotopic (exact) mass is 370 g/mol. The predicted octanol–water partition coefficient (Wildman–Crippen LogP) is 6.70. The predicted molar refractivity (Wildman–Crippen MR) is 110 cm³/mol. The summed E-state index contributed by atoms with van der Waals surface area (Å²) < 4.78 is 7.70. The van der Waals surface area contributed by atoms with Crippen LogP contribution in [0.4, 0.5) is 0 Å². The van der Waals surface area contributed by atoms with E-state index in [2.05, 4.69) is 55.4 Å². The lowest BCUT2D eigenvalue weighted by molar-refractivity contribution is -0.165. The quantitative estimate of drug-likeness (QED) is 0.505. The molecule has 12 atom stereocenters. The summed E-state index contributed by atoms with van der Waals surface area (Å²) in [6.07, 6.45) is 8.41. The number of rotatable bonds is 6. The molecule has 0 saturated heterocycles. The zero-order chi connectivity index (χ0) is 19.4. The number of ether oxygens (including phenoxy) is 1. The van der Waals surface area contributed by atoms with E-state index in [4.69, 9.17) is 4.74 Å². The van der Waals surface area contributed by atoms with Gasteiger partial charge in [-0.05, 0) is 84.9 Å². The fourth-order valence-corrected chi connectivity index (χ4v) is 9.81. The Morgan fingerprint density at radius 1 is 0.481 bits per heavy atom. The van der Waals surface area contributed by atoms with Crippen molar-refractivity contribution in [1.29, 1.82) is 0 Å². The van der Waals surface area contributed by atoms with E-state index in [1.165, 1.54) is 38.5 Å². The van der Waals surface area contributed by atoms with Crippen LogP contribution in [-0.4, -0.2) is 11.2 Å². The average molecular weight is 371 g/mol. The van der Waals surface area contributed by atoms with E-state index < -0.39 is 0 Å². The van der Waals surface area contributed by atoms with Crippen LogP contribution >= 0.6 is 0 Å². The van der Waals surface area contributed by atoms with Crippen molar-refractivity contribution < 1.29 is 4.74 Å². The van der Waals surface area contributed by atoms with Crippen LogP contribution in [0, 0.1) is 57.2 Å². The molecule has 27 heavy (non-hydrogen) atoms. The molecule has 0 heterocycles. The van der Waals surface area contributed by atoms with Crippen LogP contribution in [0.25, 0.3) is 0 Å². The molecular formula is C26H42O. The summed E-state index contributed by atoms with van der Waals surface area (Å²) in [6.45, 7) is 20.3. The molecule has 0 amide bonds. The van der Waals surface area contributed by atoms with Crippen molar-refractivity contribution in [2.24, 2.45) is 57.2 Å². The maximum atomic E-state index is 7.70. The summed E-state index contributed by atoms with van der Waals surface area (Å²) in [4.78, 5) is 0. The van der Waals surface area contributed by atoms with Crippen LogP contribution in [0.5, 0.6) is 0 Å². The van der Waals surface area contributed by atoms with Crippen LogP contribution in [-0.2, 0) is 4.74 Å². The standard InChI is InChI=1S/C26H42O/c1-15-9-21(15,7)23(11-17(23)3)25(13-19(25)5)27-26(14-20(26)6)24(12-18(24)4)22(8)10-16(22)2/h15-20H,9-14H2,1-8H3. The minimum Gasteiger partial charge on any atom is -0.367 e. The van der Waals surface area contributed by atoms with E-state index in [-0.39, 0.29) is 11.2 Å². The molecule has 1 heteroatoms. The molecule has 0 bridgehead atoms. The highest BCUT2D eigenvalue weighted by Crippen LogP contribution is 2.90. The molecule has 12 unspecified atom stereocenters. The minimum absolute atomic E-state index is 0.209. The fraction of sp³-hybridized carbons (Fsp3) is 1.00. The first kappa shape index (κ1) is 17.8. The van der Waals surface area contributed by atoms with Crippen molar-refractivity contribution in [2.75, 3.05) is 0 Å². The molecule has 1 nitrogen and oxygen atoms in total. The Morgan fingerprint density at radius 2 is 0.741 bits per heavy atom. The number of hydrogen-bond donors (Lipinski definition) is 0. The zero-order valence-electron chi connectivity index (χ0n) is 19.1. The van der Waals surface area contributed by atoms with Gasteiger partial charge in [-0.3, -0.25) is 0 Å². The molecule has 0 aromatic heterocycles. The van der Waals surface area contributed by atoms with Crippen molar-refractivity contribution in [3.8, 4) is 0 Å². The molecule has 6 rings (SSSR count). The highest BCUT2D eigenvalue weighted by atomic mass is 16.5. The van der Waals surface area contributed by atoms with Crippen molar-refractivity contribution in [1.82, 2.24) is 0 Å². The third kappa shape index (κ3) is 1.62. The first-order chi connectivity index (χ1) is 12.5. The third-order valence-electron chi connectivity index (χ3n) is 12.3. The van der Waals surface area contributed by atoms with Gasteiger partial charge >= 0.3 is 0 Å². The molecule has 0 spiro atoms. The second kappa shape index (κ2) is 4.35. The van der Waals surface area contributed by atoms with Crippen molar-refractivity contribution in [3.63, 3.8) is 0 Å². The summed E-state index contributed by atoms with van der Waals surface area (Å²) >= 11 is 0. The van der Waals surface area contributed by atoms with Crippen LogP contribution in [0.3, 0.4) is 0 Å². The van der Waals surface area contributed by atoms with E-state index >= 15 is 0 Å². The maximum absolute atomic E-state index is 7.70. The smallest absolute Gasteiger partial charge is 0.0784 e. The fourth-order valence-electron chi connectivity index (χ4n) is 9.81. The molecule has 6 aliphatic rings. The molecule has 152 valence electrons. The third-order valence-corrected chi connectivity index (χ3v) is 12.3. The zero-order valence-corrected chi connectivity index (χ0v) is 19.1. The highest BCUT2D eigenvalue weighted by Gasteiger charge is 2.89. The Hall–Kier alpha value is -0.0400. The highest BCUT2D eigenvalue weighted by molar-refractivity contribution is 5.37. The molecule has 6 saturated carbocycles. The molecule has 0 aromatic rings. The van der Waals surface area contributed by atoms with E-state index in [0.717, 1.165) is 35.5 Å². The Balaban J connectivity index is 1.39. The summed E-state index contributed by atoms with van der Waals surface area (Å²) in [5.41, 5.74) is 2.50. The summed E-state index contributed by atoms with van der Waals surface area (Å²) in [5, 5.41) is 0. The topological polar surface area (TPSA) is 9.23 Å². The van der Waals surface area contributed by atoms with Gasteiger partial charge in [0.25, 0.3) is 0 Å². The average Bonchev–Trinajstić information content (AvgIpc) is 3.25. The van der Waals surface area contributed by atoms with Crippen molar-refractivity contribution in [2.45, 2.75) is 105 Å². The summed E-state index contributed by atoms with van der Waals surface area (Å²) in [7, 11) is 0. The SMILES string of the molecule is CC1CC1(C)C1(C2(OC3(C4(C5(C)CC5C)CC4C)CC3C)CC2C)CC1C. The molecule has 6 fully saturated rings. The van der Waals surface area contributed by atoms with Crippen LogP contribution in [0.2, 0.25) is 0 Å². The molecular weight excluding hydrogens is 328 g/mol. The van der Waals surface area contributed by atoms with E-state index in [9.17, 15) is 0 Å².